The van der Waals surface area contributed by atoms with Crippen LogP contribution in [0, 0.1) is 5.92 Å². The van der Waals surface area contributed by atoms with Gasteiger partial charge in [0.15, 0.2) is 0 Å². The molecule has 2 unspecified atom stereocenters. The Kier molecular flexibility index (Phi) is 9.03. The molecule has 1 heterocycles. The minimum atomic E-state index is 0.448. The lowest BCUT2D eigenvalue weighted by Gasteiger charge is -2.23. The van der Waals surface area contributed by atoms with Crippen LogP contribution in [0.15, 0.2) is 0 Å². The Balaban J connectivity index is 2.73. The summed E-state index contributed by atoms with van der Waals surface area (Å²) in [6.45, 7) is 10.0. The fourth-order valence-corrected chi connectivity index (χ4v) is 3.52. The lowest BCUT2D eigenvalue weighted by atomic mass is 9.91. The van der Waals surface area contributed by atoms with Gasteiger partial charge in [-0.3, -0.25) is 0 Å². The molecule has 1 N–H and O–H groups in total. The maximum absolute atomic E-state index is 4.33. The van der Waals surface area contributed by atoms with Crippen LogP contribution < -0.4 is 5.32 Å². The van der Waals surface area contributed by atoms with E-state index >= 15 is 0 Å². The summed E-state index contributed by atoms with van der Waals surface area (Å²) in [7, 11) is 0. The number of hydrogen-bond donors (Lipinski definition) is 1. The summed E-state index contributed by atoms with van der Waals surface area (Å²) in [4.78, 5) is 1.38. The van der Waals surface area contributed by atoms with E-state index in [0.717, 1.165) is 25.3 Å². The van der Waals surface area contributed by atoms with Gasteiger partial charge in [-0.2, -0.15) is 0 Å². The Bertz CT molecular complexity index is 351. The van der Waals surface area contributed by atoms with Gasteiger partial charge in [0.2, 0.25) is 0 Å². The number of hydrogen-bond acceptors (Lipinski definition) is 4. The fourth-order valence-electron chi connectivity index (χ4n) is 2.73. The summed E-state index contributed by atoms with van der Waals surface area (Å²) in [6.07, 6.45) is 8.70. The molecular formula is C16H31N3S. The van der Waals surface area contributed by atoms with Gasteiger partial charge < -0.3 is 5.32 Å². The number of unbranched alkanes of at least 4 members (excludes halogenated alkanes) is 1. The molecule has 0 amide bonds. The van der Waals surface area contributed by atoms with Crippen LogP contribution in [-0.2, 0) is 6.42 Å². The van der Waals surface area contributed by atoms with Crippen molar-refractivity contribution in [2.45, 2.75) is 78.7 Å². The average molecular weight is 298 g/mol. The first-order valence-corrected chi connectivity index (χ1v) is 9.08. The zero-order valence-electron chi connectivity index (χ0n) is 13.6. The molecule has 0 aromatic carbocycles. The molecular weight excluding hydrogens is 266 g/mol. The maximum atomic E-state index is 4.33. The minimum Gasteiger partial charge on any atom is -0.309 e. The molecule has 0 aliphatic heterocycles. The highest BCUT2D eigenvalue weighted by Gasteiger charge is 2.21. The summed E-state index contributed by atoms with van der Waals surface area (Å²) in [5.74, 6) is 0.815. The fraction of sp³-hybridized carbons (Fsp3) is 0.875. The van der Waals surface area contributed by atoms with E-state index < -0.39 is 0 Å². The Morgan fingerprint density at radius 2 is 1.95 bits per heavy atom. The normalized spacial score (nSPS) is 14.4. The zero-order chi connectivity index (χ0) is 14.8. The Hall–Kier alpha value is -0.480. The van der Waals surface area contributed by atoms with Gasteiger partial charge in [0.1, 0.15) is 0 Å². The number of rotatable bonds is 11. The highest BCUT2D eigenvalue weighted by Crippen LogP contribution is 2.30. The molecule has 116 valence electrons. The molecule has 2 atom stereocenters. The zero-order valence-corrected chi connectivity index (χ0v) is 14.4. The van der Waals surface area contributed by atoms with E-state index in [9.17, 15) is 0 Å². The molecule has 0 bridgehead atoms. The van der Waals surface area contributed by atoms with Crippen molar-refractivity contribution < 1.29 is 0 Å². The third-order valence-electron chi connectivity index (χ3n) is 3.95. The van der Waals surface area contributed by atoms with Gasteiger partial charge in [-0.15, -0.1) is 5.10 Å². The minimum absolute atomic E-state index is 0.448. The molecule has 0 aliphatic rings. The molecule has 0 spiro atoms. The Labute approximate surface area is 128 Å². The van der Waals surface area contributed by atoms with Crippen molar-refractivity contribution in [2.24, 2.45) is 5.92 Å². The SMILES string of the molecule is CCCCC(CC)CC(NCC)c1snnc1CCC. The van der Waals surface area contributed by atoms with E-state index in [4.69, 9.17) is 0 Å². The van der Waals surface area contributed by atoms with Crippen molar-refractivity contribution in [1.29, 1.82) is 0 Å². The highest BCUT2D eigenvalue weighted by molar-refractivity contribution is 7.05. The third kappa shape index (κ3) is 5.49. The van der Waals surface area contributed by atoms with Crippen molar-refractivity contribution in [1.82, 2.24) is 14.9 Å². The van der Waals surface area contributed by atoms with Gasteiger partial charge in [0.05, 0.1) is 10.6 Å². The van der Waals surface area contributed by atoms with Crippen LogP contribution >= 0.6 is 11.5 Å². The van der Waals surface area contributed by atoms with E-state index in [0.29, 0.717) is 6.04 Å². The Morgan fingerprint density at radius 3 is 2.55 bits per heavy atom. The summed E-state index contributed by atoms with van der Waals surface area (Å²) < 4.78 is 4.19. The van der Waals surface area contributed by atoms with Crippen LogP contribution in [0.2, 0.25) is 0 Å². The van der Waals surface area contributed by atoms with E-state index in [1.54, 1.807) is 11.5 Å². The summed E-state index contributed by atoms with van der Waals surface area (Å²) in [5.41, 5.74) is 1.22. The molecule has 1 rings (SSSR count). The monoisotopic (exact) mass is 297 g/mol. The van der Waals surface area contributed by atoms with Crippen molar-refractivity contribution >= 4 is 11.5 Å². The molecule has 1 aromatic heterocycles. The predicted octanol–water partition coefficient (Wildman–Crippen LogP) is 4.75. The molecule has 3 nitrogen and oxygen atoms in total. The van der Waals surface area contributed by atoms with Crippen LogP contribution in [0.3, 0.4) is 0 Å². The highest BCUT2D eigenvalue weighted by atomic mass is 32.1. The average Bonchev–Trinajstić information content (AvgIpc) is 2.91. The van der Waals surface area contributed by atoms with E-state index in [1.165, 1.54) is 42.7 Å². The molecule has 0 radical (unpaired) electrons. The second-order valence-electron chi connectivity index (χ2n) is 5.60. The number of aromatic nitrogens is 2. The van der Waals surface area contributed by atoms with Crippen molar-refractivity contribution in [3.63, 3.8) is 0 Å². The number of nitrogens with one attached hydrogen (secondary N) is 1. The van der Waals surface area contributed by atoms with Gasteiger partial charge in [0.25, 0.3) is 0 Å². The van der Waals surface area contributed by atoms with Gasteiger partial charge in [-0.1, -0.05) is 64.3 Å². The standard InChI is InChI=1S/C16H31N3S/c1-5-9-11-13(7-3)12-15(17-8-4)16-14(10-6-2)18-19-20-16/h13,15,17H,5-12H2,1-4H3. The number of aryl methyl sites for hydroxylation is 1. The second kappa shape index (κ2) is 10.3. The van der Waals surface area contributed by atoms with E-state index in [2.05, 4.69) is 42.6 Å². The Morgan fingerprint density at radius 1 is 1.15 bits per heavy atom. The topological polar surface area (TPSA) is 37.8 Å². The van der Waals surface area contributed by atoms with Gasteiger partial charge in [-0.25, -0.2) is 0 Å². The van der Waals surface area contributed by atoms with Crippen molar-refractivity contribution in [2.75, 3.05) is 6.54 Å². The van der Waals surface area contributed by atoms with Gasteiger partial charge >= 0.3 is 0 Å². The first-order valence-electron chi connectivity index (χ1n) is 8.31. The largest absolute Gasteiger partial charge is 0.309 e. The molecule has 0 fully saturated rings. The molecule has 0 saturated carbocycles. The first kappa shape index (κ1) is 17.6. The van der Waals surface area contributed by atoms with E-state index in [1.807, 2.05) is 0 Å². The van der Waals surface area contributed by atoms with Crippen LogP contribution in [0.5, 0.6) is 0 Å². The summed E-state index contributed by atoms with van der Waals surface area (Å²) >= 11 is 1.59. The van der Waals surface area contributed by atoms with Gasteiger partial charge in [-0.05, 0) is 36.8 Å². The molecule has 20 heavy (non-hydrogen) atoms. The predicted molar refractivity (Wildman–Crippen MR) is 88.2 cm³/mol. The lowest BCUT2D eigenvalue weighted by molar-refractivity contribution is 0.358. The smallest absolute Gasteiger partial charge is 0.0803 e. The maximum Gasteiger partial charge on any atom is 0.0803 e. The van der Waals surface area contributed by atoms with Crippen LogP contribution in [0.25, 0.3) is 0 Å². The van der Waals surface area contributed by atoms with Crippen LogP contribution in [0.1, 0.15) is 82.8 Å². The molecule has 0 saturated heterocycles. The third-order valence-corrected chi connectivity index (χ3v) is 4.83. The summed E-state index contributed by atoms with van der Waals surface area (Å²) in [6, 6.07) is 0.448. The van der Waals surface area contributed by atoms with E-state index in [-0.39, 0.29) is 0 Å². The number of nitrogens with zero attached hydrogens (tertiary/aromatic N) is 2. The molecule has 1 aromatic rings. The van der Waals surface area contributed by atoms with Crippen molar-refractivity contribution in [3.05, 3.63) is 10.6 Å². The van der Waals surface area contributed by atoms with Crippen LogP contribution in [0.4, 0.5) is 0 Å². The molecule has 0 aliphatic carbocycles. The summed E-state index contributed by atoms with van der Waals surface area (Å²) in [5, 5.41) is 7.99. The lowest BCUT2D eigenvalue weighted by Crippen LogP contribution is -2.23. The first-order chi connectivity index (χ1) is 9.76. The van der Waals surface area contributed by atoms with Gasteiger partial charge in [0, 0.05) is 6.04 Å². The van der Waals surface area contributed by atoms with Crippen molar-refractivity contribution in [3.8, 4) is 0 Å². The quantitative estimate of drug-likeness (QED) is 0.640. The van der Waals surface area contributed by atoms with Crippen LogP contribution in [-0.4, -0.2) is 16.1 Å². The second-order valence-corrected chi connectivity index (χ2v) is 6.38. The molecule has 4 heteroatoms.